The minimum absolute atomic E-state index is 0.518. The summed E-state index contributed by atoms with van der Waals surface area (Å²) < 4.78 is 5.74. The lowest BCUT2D eigenvalue weighted by Gasteiger charge is -1.96. The van der Waals surface area contributed by atoms with Crippen LogP contribution >= 0.6 is 11.8 Å². The van der Waals surface area contributed by atoms with Crippen LogP contribution in [0.4, 0.5) is 0 Å². The highest BCUT2D eigenvalue weighted by Crippen LogP contribution is 2.24. The van der Waals surface area contributed by atoms with Crippen molar-refractivity contribution >= 4 is 11.8 Å². The first-order chi connectivity index (χ1) is 12.7. The summed E-state index contributed by atoms with van der Waals surface area (Å²) in [7, 11) is 0. The van der Waals surface area contributed by atoms with Crippen LogP contribution < -0.4 is 0 Å². The van der Waals surface area contributed by atoms with Gasteiger partial charge in [0.1, 0.15) is 0 Å². The molecule has 0 saturated heterocycles. The topological polar surface area (TPSA) is 80.5 Å². The number of hydrogen-bond acceptors (Lipinski definition) is 6. The summed E-state index contributed by atoms with van der Waals surface area (Å²) in [5.41, 5.74) is 4.30. The van der Waals surface area contributed by atoms with E-state index in [9.17, 15) is 0 Å². The van der Waals surface area contributed by atoms with Gasteiger partial charge in [-0.2, -0.15) is 0 Å². The molecule has 0 aliphatic carbocycles. The van der Waals surface area contributed by atoms with Gasteiger partial charge >= 0.3 is 0 Å². The predicted molar refractivity (Wildman–Crippen MR) is 101 cm³/mol. The third kappa shape index (κ3) is 3.67. The van der Waals surface area contributed by atoms with Gasteiger partial charge in [-0.25, -0.2) is 4.98 Å². The third-order valence-electron chi connectivity index (χ3n) is 3.85. The highest BCUT2D eigenvalue weighted by Gasteiger charge is 2.11. The van der Waals surface area contributed by atoms with Crippen LogP contribution in [-0.4, -0.2) is 25.4 Å². The Morgan fingerprint density at radius 1 is 0.962 bits per heavy atom. The van der Waals surface area contributed by atoms with Gasteiger partial charge in [-0.3, -0.25) is 5.10 Å². The minimum Gasteiger partial charge on any atom is -0.420 e. The monoisotopic (exact) mass is 363 g/mol. The number of hydrogen-bond donors (Lipinski definition) is 1. The Bertz CT molecular complexity index is 1020. The second-order valence-electron chi connectivity index (χ2n) is 5.99. The van der Waals surface area contributed by atoms with Crippen molar-refractivity contribution in [2.45, 2.75) is 24.8 Å². The summed E-state index contributed by atoms with van der Waals surface area (Å²) >= 11 is 1.45. The average molecular weight is 363 g/mol. The Labute approximate surface area is 155 Å². The van der Waals surface area contributed by atoms with E-state index < -0.39 is 0 Å². The van der Waals surface area contributed by atoms with E-state index in [4.69, 9.17) is 4.42 Å². The Kier molecular flexibility index (Phi) is 4.53. The molecular weight excluding hydrogens is 346 g/mol. The maximum atomic E-state index is 5.74. The first-order valence-electron chi connectivity index (χ1n) is 8.19. The van der Waals surface area contributed by atoms with E-state index >= 15 is 0 Å². The van der Waals surface area contributed by atoms with Gasteiger partial charge in [0.25, 0.3) is 0 Å². The van der Waals surface area contributed by atoms with Crippen LogP contribution in [0.15, 0.2) is 58.1 Å². The van der Waals surface area contributed by atoms with Gasteiger partial charge in [0.05, 0.1) is 5.75 Å². The molecule has 0 radical (unpaired) electrons. The predicted octanol–water partition coefficient (Wildman–Crippen LogP) is 4.43. The molecule has 2 aromatic carbocycles. The molecule has 1 N–H and O–H groups in total. The van der Waals surface area contributed by atoms with Crippen LogP contribution in [0.1, 0.15) is 17.0 Å². The van der Waals surface area contributed by atoms with E-state index in [-0.39, 0.29) is 0 Å². The SMILES string of the molecule is Cc1ccc(-c2nc(SCc3nnc(-c4cccc(C)c4)o3)n[nH]2)cc1. The number of rotatable bonds is 5. The summed E-state index contributed by atoms with van der Waals surface area (Å²) in [5.74, 6) is 2.34. The zero-order chi connectivity index (χ0) is 17.9. The molecule has 26 heavy (non-hydrogen) atoms. The summed E-state index contributed by atoms with van der Waals surface area (Å²) in [4.78, 5) is 4.51. The fourth-order valence-electron chi connectivity index (χ4n) is 2.48. The number of aromatic nitrogens is 5. The van der Waals surface area contributed by atoms with Gasteiger partial charge in [0.2, 0.25) is 16.9 Å². The van der Waals surface area contributed by atoms with Crippen molar-refractivity contribution in [3.63, 3.8) is 0 Å². The summed E-state index contributed by atoms with van der Waals surface area (Å²) in [5, 5.41) is 16.1. The molecule has 0 atom stereocenters. The molecule has 2 aromatic heterocycles. The van der Waals surface area contributed by atoms with Gasteiger partial charge in [0, 0.05) is 11.1 Å². The van der Waals surface area contributed by atoms with Gasteiger partial charge < -0.3 is 4.42 Å². The summed E-state index contributed by atoms with van der Waals surface area (Å²) in [6, 6.07) is 16.1. The number of nitrogens with one attached hydrogen (secondary N) is 1. The lowest BCUT2D eigenvalue weighted by atomic mass is 10.1. The van der Waals surface area contributed by atoms with Crippen molar-refractivity contribution < 1.29 is 4.42 Å². The molecule has 0 spiro atoms. The van der Waals surface area contributed by atoms with Crippen molar-refractivity contribution in [3.8, 4) is 22.8 Å². The smallest absolute Gasteiger partial charge is 0.247 e. The fraction of sp³-hybridized carbons (Fsp3) is 0.158. The molecule has 130 valence electrons. The molecule has 4 aromatic rings. The lowest BCUT2D eigenvalue weighted by Crippen LogP contribution is -1.82. The normalized spacial score (nSPS) is 11.0. The van der Waals surface area contributed by atoms with Crippen LogP contribution in [0.2, 0.25) is 0 Å². The molecule has 7 heteroatoms. The third-order valence-corrected chi connectivity index (χ3v) is 4.68. The maximum absolute atomic E-state index is 5.74. The standard InChI is InChI=1S/C19H17N5OS/c1-12-6-8-14(9-7-12)17-20-19(24-22-17)26-11-16-21-23-18(25-16)15-5-3-4-13(2)10-15/h3-10H,11H2,1-2H3,(H,20,22,24). The molecule has 0 aliphatic rings. The number of benzene rings is 2. The number of aromatic amines is 1. The molecule has 0 aliphatic heterocycles. The number of aryl methyl sites for hydroxylation is 2. The van der Waals surface area contributed by atoms with Crippen LogP contribution in [0.5, 0.6) is 0 Å². The lowest BCUT2D eigenvalue weighted by molar-refractivity contribution is 0.528. The van der Waals surface area contributed by atoms with Crippen molar-refractivity contribution in [1.82, 2.24) is 25.4 Å². The highest BCUT2D eigenvalue weighted by molar-refractivity contribution is 7.98. The second-order valence-corrected chi connectivity index (χ2v) is 6.93. The second kappa shape index (κ2) is 7.13. The summed E-state index contributed by atoms with van der Waals surface area (Å²) in [6.45, 7) is 4.09. The van der Waals surface area contributed by atoms with E-state index in [1.165, 1.54) is 17.3 Å². The molecule has 0 fully saturated rings. The van der Waals surface area contributed by atoms with Gasteiger partial charge in [0.15, 0.2) is 5.82 Å². The molecule has 6 nitrogen and oxygen atoms in total. The molecule has 0 amide bonds. The van der Waals surface area contributed by atoms with Crippen molar-refractivity contribution in [2.75, 3.05) is 0 Å². The van der Waals surface area contributed by atoms with E-state index in [1.807, 2.05) is 43.3 Å². The average Bonchev–Trinajstić information content (AvgIpc) is 3.30. The van der Waals surface area contributed by atoms with E-state index in [2.05, 4.69) is 44.4 Å². The maximum Gasteiger partial charge on any atom is 0.247 e. The summed E-state index contributed by atoms with van der Waals surface area (Å²) in [6.07, 6.45) is 0. The fourth-order valence-corrected chi connectivity index (χ4v) is 3.12. The zero-order valence-corrected chi connectivity index (χ0v) is 15.2. The van der Waals surface area contributed by atoms with Crippen LogP contribution in [0.25, 0.3) is 22.8 Å². The Balaban J connectivity index is 1.43. The number of thioether (sulfide) groups is 1. The molecule has 0 unspecified atom stereocenters. The van der Waals surface area contributed by atoms with E-state index in [0.29, 0.717) is 22.7 Å². The van der Waals surface area contributed by atoms with Crippen molar-refractivity contribution in [3.05, 3.63) is 65.5 Å². The number of H-pyrrole nitrogens is 1. The Morgan fingerprint density at radius 2 is 1.81 bits per heavy atom. The molecule has 4 rings (SSSR count). The van der Waals surface area contributed by atoms with Crippen LogP contribution in [0.3, 0.4) is 0 Å². The molecule has 0 saturated carbocycles. The van der Waals surface area contributed by atoms with Gasteiger partial charge in [-0.15, -0.1) is 15.3 Å². The molecule has 0 bridgehead atoms. The van der Waals surface area contributed by atoms with E-state index in [0.717, 1.165) is 22.5 Å². The first-order valence-corrected chi connectivity index (χ1v) is 9.17. The van der Waals surface area contributed by atoms with Crippen LogP contribution in [0, 0.1) is 13.8 Å². The number of nitrogens with zero attached hydrogens (tertiary/aromatic N) is 4. The largest absolute Gasteiger partial charge is 0.420 e. The zero-order valence-electron chi connectivity index (χ0n) is 14.4. The first kappa shape index (κ1) is 16.5. The quantitative estimate of drug-likeness (QED) is 0.528. The van der Waals surface area contributed by atoms with E-state index in [1.54, 1.807) is 0 Å². The molecule has 2 heterocycles. The highest BCUT2D eigenvalue weighted by atomic mass is 32.2. The Hall–Kier alpha value is -2.93. The van der Waals surface area contributed by atoms with Gasteiger partial charge in [-0.05, 0) is 26.0 Å². The Morgan fingerprint density at radius 3 is 2.62 bits per heavy atom. The van der Waals surface area contributed by atoms with Crippen molar-refractivity contribution in [2.24, 2.45) is 0 Å². The van der Waals surface area contributed by atoms with Gasteiger partial charge in [-0.1, -0.05) is 59.3 Å². The molecular formula is C19H17N5OS. The van der Waals surface area contributed by atoms with Crippen molar-refractivity contribution in [1.29, 1.82) is 0 Å². The minimum atomic E-state index is 0.518. The van der Waals surface area contributed by atoms with Crippen LogP contribution in [-0.2, 0) is 5.75 Å².